The number of H-pyrrole nitrogens is 1. The molecule has 0 unspecified atom stereocenters. The van der Waals surface area contributed by atoms with Crippen molar-refractivity contribution in [3.8, 4) is 0 Å². The Bertz CT molecular complexity index is 1310. The number of methoxy groups -OCH3 is 1. The van der Waals surface area contributed by atoms with Gasteiger partial charge in [0.25, 0.3) is 5.56 Å². The zero-order chi connectivity index (χ0) is 24.2. The Morgan fingerprint density at radius 2 is 1.69 bits per heavy atom. The van der Waals surface area contributed by atoms with Crippen LogP contribution in [0.1, 0.15) is 22.1 Å². The lowest BCUT2D eigenvalue weighted by Gasteiger charge is -2.23. The van der Waals surface area contributed by atoms with Gasteiger partial charge in [-0.1, -0.05) is 60.7 Å². The molecule has 0 saturated carbocycles. The smallest absolute Gasteiger partial charge is 0.279 e. The lowest BCUT2D eigenvalue weighted by Crippen LogP contribution is -2.37. The summed E-state index contributed by atoms with van der Waals surface area (Å²) in [7, 11) is 1.63. The maximum atomic E-state index is 12.3. The molecule has 2 aromatic carbocycles. The molecule has 182 valence electrons. The summed E-state index contributed by atoms with van der Waals surface area (Å²) in [6.45, 7) is 1.13. The number of hydrogen-bond acceptors (Lipinski definition) is 9. The number of aromatic nitrogens is 3. The van der Waals surface area contributed by atoms with Crippen LogP contribution >= 0.6 is 11.5 Å². The van der Waals surface area contributed by atoms with Crippen molar-refractivity contribution in [2.24, 2.45) is 0 Å². The second-order valence-electron chi connectivity index (χ2n) is 8.25. The molecule has 10 heteroatoms. The number of fused-ring (bicyclic) bond motifs is 1. The van der Waals surface area contributed by atoms with Crippen molar-refractivity contribution >= 4 is 28.5 Å². The maximum absolute atomic E-state index is 12.3. The molecule has 35 heavy (non-hydrogen) atoms. The van der Waals surface area contributed by atoms with Crippen LogP contribution in [0, 0.1) is 0 Å². The molecule has 2 aromatic heterocycles. The van der Waals surface area contributed by atoms with E-state index in [4.69, 9.17) is 24.7 Å². The average Bonchev–Trinajstić information content (AvgIpc) is 3.45. The molecule has 0 radical (unpaired) electrons. The first-order valence-electron chi connectivity index (χ1n) is 11.2. The van der Waals surface area contributed by atoms with Gasteiger partial charge in [0.05, 0.1) is 24.7 Å². The fraction of sp³-hybridized carbons (Fsp3) is 0.320. The number of ether oxygens (including phenoxy) is 4. The average molecular weight is 495 g/mol. The molecular weight excluding hydrogens is 468 g/mol. The Morgan fingerprint density at radius 3 is 2.37 bits per heavy atom. The predicted molar refractivity (Wildman–Crippen MR) is 132 cm³/mol. The van der Waals surface area contributed by atoms with E-state index in [0.717, 1.165) is 22.7 Å². The summed E-state index contributed by atoms with van der Waals surface area (Å²) in [5.41, 5.74) is 8.16. The fourth-order valence-corrected chi connectivity index (χ4v) is 5.12. The van der Waals surface area contributed by atoms with E-state index in [1.807, 2.05) is 60.7 Å². The van der Waals surface area contributed by atoms with Crippen LogP contribution < -0.4 is 11.3 Å². The van der Waals surface area contributed by atoms with Gasteiger partial charge in [0, 0.05) is 7.11 Å². The summed E-state index contributed by atoms with van der Waals surface area (Å²) >= 11 is 1.15. The second kappa shape index (κ2) is 10.6. The van der Waals surface area contributed by atoms with E-state index in [2.05, 4.69) is 14.3 Å². The minimum atomic E-state index is -0.558. The number of benzene rings is 2. The molecule has 3 N–H and O–H groups in total. The molecule has 0 aliphatic carbocycles. The molecule has 4 aromatic rings. The van der Waals surface area contributed by atoms with E-state index in [0.29, 0.717) is 30.2 Å². The Hall–Kier alpha value is -3.15. The van der Waals surface area contributed by atoms with Gasteiger partial charge in [-0.15, -0.1) is 0 Å². The third-order valence-electron chi connectivity index (χ3n) is 5.90. The van der Waals surface area contributed by atoms with Gasteiger partial charge in [-0.3, -0.25) is 9.78 Å². The van der Waals surface area contributed by atoms with E-state index in [-0.39, 0.29) is 17.0 Å². The van der Waals surface area contributed by atoms with Gasteiger partial charge >= 0.3 is 0 Å². The van der Waals surface area contributed by atoms with Crippen molar-refractivity contribution < 1.29 is 18.9 Å². The van der Waals surface area contributed by atoms with E-state index in [9.17, 15) is 4.79 Å². The molecule has 1 aliphatic rings. The van der Waals surface area contributed by atoms with Crippen molar-refractivity contribution in [2.45, 2.75) is 37.6 Å². The van der Waals surface area contributed by atoms with E-state index in [1.165, 1.54) is 0 Å². The number of nitrogens with two attached hydrogens (primary N) is 1. The molecule has 0 amide bonds. The van der Waals surface area contributed by atoms with E-state index in [1.54, 1.807) is 7.11 Å². The fourth-order valence-electron chi connectivity index (χ4n) is 4.24. The van der Waals surface area contributed by atoms with Gasteiger partial charge in [-0.05, 0) is 22.7 Å². The second-order valence-corrected chi connectivity index (χ2v) is 9.06. The summed E-state index contributed by atoms with van der Waals surface area (Å²) in [6, 6.07) is 19.8. The molecule has 3 heterocycles. The number of nitrogens with one attached hydrogen (secondary N) is 1. The first-order valence-corrected chi connectivity index (χ1v) is 12.0. The third kappa shape index (κ3) is 5.12. The maximum Gasteiger partial charge on any atom is 0.279 e. The highest BCUT2D eigenvalue weighted by Gasteiger charge is 2.48. The molecule has 4 atom stereocenters. The largest absolute Gasteiger partial charge is 0.376 e. The number of nitrogens with zero attached hydrogens (tertiary/aromatic N) is 2. The van der Waals surface area contributed by atoms with Gasteiger partial charge in [0.1, 0.15) is 29.9 Å². The van der Waals surface area contributed by atoms with Crippen LogP contribution in [0.15, 0.2) is 65.5 Å². The zero-order valence-corrected chi connectivity index (χ0v) is 19.9. The monoisotopic (exact) mass is 494 g/mol. The predicted octanol–water partition coefficient (Wildman–Crippen LogP) is 3.22. The molecule has 1 saturated heterocycles. The van der Waals surface area contributed by atoms with Gasteiger partial charge in [0.2, 0.25) is 5.95 Å². The molecule has 0 spiro atoms. The first-order chi connectivity index (χ1) is 17.1. The summed E-state index contributed by atoms with van der Waals surface area (Å²) in [6.07, 6.45) is -1.84. The number of anilines is 1. The van der Waals surface area contributed by atoms with Crippen LogP contribution in [0.25, 0.3) is 11.0 Å². The molecular formula is C25H26N4O5S. The van der Waals surface area contributed by atoms with Crippen molar-refractivity contribution in [3.63, 3.8) is 0 Å². The number of rotatable bonds is 9. The SMILES string of the molecule is CO[C@H]1[C@@H](OCc2ccccc2)[C@H](c2snc3c(=O)[nH]c(N)nc23)O[C@@H]1COCc1ccccc1. The Morgan fingerprint density at radius 1 is 1.00 bits per heavy atom. The highest BCUT2D eigenvalue weighted by Crippen LogP contribution is 2.41. The third-order valence-corrected chi connectivity index (χ3v) is 6.80. The summed E-state index contributed by atoms with van der Waals surface area (Å²) in [4.78, 5) is 19.8. The molecule has 9 nitrogen and oxygen atoms in total. The van der Waals surface area contributed by atoms with Crippen LogP contribution in [0.4, 0.5) is 5.95 Å². The highest BCUT2D eigenvalue weighted by atomic mass is 32.1. The number of aromatic amines is 1. The Balaban J connectivity index is 1.41. The standard InChI is InChI=1S/C25H26N4O5S/c1-31-20-17(14-32-12-15-8-4-2-5-9-15)34-22(21(20)33-13-16-10-6-3-7-11-16)23-18-19(29-35-23)24(30)28-25(26)27-18/h2-11,17,20-22H,12-14H2,1H3,(H3,26,27,28,30)/t17-,20-,21-,22-/m1/s1. The molecule has 5 rings (SSSR count). The van der Waals surface area contributed by atoms with Gasteiger partial charge in [0.15, 0.2) is 5.52 Å². The van der Waals surface area contributed by atoms with E-state index < -0.39 is 24.4 Å². The highest BCUT2D eigenvalue weighted by molar-refractivity contribution is 7.07. The van der Waals surface area contributed by atoms with Crippen molar-refractivity contribution in [1.82, 2.24) is 14.3 Å². The van der Waals surface area contributed by atoms with Crippen LogP contribution in [-0.4, -0.2) is 46.4 Å². The quantitative estimate of drug-likeness (QED) is 0.364. The van der Waals surface area contributed by atoms with Crippen molar-refractivity contribution in [2.75, 3.05) is 19.5 Å². The van der Waals surface area contributed by atoms with Crippen LogP contribution in [-0.2, 0) is 32.2 Å². The normalized spacial score (nSPS) is 22.1. The minimum absolute atomic E-state index is 0.0229. The van der Waals surface area contributed by atoms with E-state index >= 15 is 0 Å². The van der Waals surface area contributed by atoms with Gasteiger partial charge < -0.3 is 24.7 Å². The zero-order valence-electron chi connectivity index (χ0n) is 19.1. The number of nitrogen functional groups attached to an aromatic ring is 1. The lowest BCUT2D eigenvalue weighted by atomic mass is 10.1. The van der Waals surface area contributed by atoms with Crippen LogP contribution in [0.3, 0.4) is 0 Å². The Kier molecular flexibility index (Phi) is 7.16. The van der Waals surface area contributed by atoms with Crippen molar-refractivity contribution in [1.29, 1.82) is 0 Å². The van der Waals surface area contributed by atoms with Gasteiger partial charge in [-0.2, -0.15) is 4.37 Å². The Labute approximate surface area is 206 Å². The number of hydrogen-bond donors (Lipinski definition) is 2. The van der Waals surface area contributed by atoms with Crippen LogP contribution in [0.2, 0.25) is 0 Å². The van der Waals surface area contributed by atoms with Gasteiger partial charge in [-0.25, -0.2) is 4.98 Å². The first kappa shape index (κ1) is 23.6. The molecule has 1 aliphatic heterocycles. The minimum Gasteiger partial charge on any atom is -0.376 e. The topological polar surface area (TPSA) is 122 Å². The summed E-state index contributed by atoms with van der Waals surface area (Å²) in [5.74, 6) is 0.0229. The van der Waals surface area contributed by atoms with Crippen molar-refractivity contribution in [3.05, 3.63) is 87.0 Å². The molecule has 0 bridgehead atoms. The lowest BCUT2D eigenvalue weighted by molar-refractivity contribution is -0.0666. The van der Waals surface area contributed by atoms with Crippen LogP contribution in [0.5, 0.6) is 0 Å². The summed E-state index contributed by atoms with van der Waals surface area (Å²) < 4.78 is 28.9. The summed E-state index contributed by atoms with van der Waals surface area (Å²) in [5, 5.41) is 0. The molecule has 1 fully saturated rings.